The highest BCUT2D eigenvalue weighted by molar-refractivity contribution is 7.98. The van der Waals surface area contributed by atoms with Crippen LogP contribution in [0.2, 0.25) is 0 Å². The highest BCUT2D eigenvalue weighted by atomic mass is 32.2. The fourth-order valence-electron chi connectivity index (χ4n) is 3.59. The quantitative estimate of drug-likeness (QED) is 0.240. The molecule has 0 fully saturated rings. The largest absolute Gasteiger partial charge is 0.287 e. The number of thioether (sulfide) groups is 1. The lowest BCUT2D eigenvalue weighted by Gasteiger charge is -2.12. The molecule has 0 bridgehead atoms. The first-order valence-electron chi connectivity index (χ1n) is 9.58. The van der Waals surface area contributed by atoms with Gasteiger partial charge in [-0.25, -0.2) is 9.97 Å². The molecule has 0 unspecified atom stereocenters. The first-order valence-corrected chi connectivity index (χ1v) is 11.4. The Kier molecular flexibility index (Phi) is 4.67. The van der Waals surface area contributed by atoms with Crippen LogP contribution in [-0.4, -0.2) is 18.9 Å². The Bertz CT molecular complexity index is 1550. The molecule has 2 aromatic carbocycles. The number of hydrogen-bond acceptors (Lipinski definition) is 6. The van der Waals surface area contributed by atoms with Crippen molar-refractivity contribution < 1.29 is 0 Å². The average Bonchev–Trinajstić information content (AvgIpc) is 3.12. The van der Waals surface area contributed by atoms with Crippen LogP contribution in [0.5, 0.6) is 0 Å². The topological polar surface area (TPSA) is 69.3 Å². The van der Waals surface area contributed by atoms with Crippen molar-refractivity contribution in [3.63, 3.8) is 0 Å². The summed E-state index contributed by atoms with van der Waals surface area (Å²) in [6, 6.07) is 13.4. The minimum atomic E-state index is -0.0832. The Labute approximate surface area is 179 Å². The van der Waals surface area contributed by atoms with Crippen LogP contribution in [0.15, 0.2) is 62.6 Å². The number of benzene rings is 2. The standard InChI is InChI=1S/C22H18N4O2S2/c1-3-25-20(28)17-8-14-6-4-5-7-15(14)9-18(17)24-21(25)30-12-16-10-19(27)26-13(2)11-29-22(26)23-16/h4-11H,3,12H2,1-2H3. The molecule has 3 aromatic heterocycles. The second-order valence-corrected chi connectivity index (χ2v) is 8.81. The second kappa shape index (κ2) is 7.37. The molecule has 0 saturated carbocycles. The summed E-state index contributed by atoms with van der Waals surface area (Å²) in [5, 5.41) is 5.25. The van der Waals surface area contributed by atoms with Gasteiger partial charge in [-0.3, -0.25) is 18.6 Å². The van der Waals surface area contributed by atoms with E-state index in [0.717, 1.165) is 16.5 Å². The summed E-state index contributed by atoms with van der Waals surface area (Å²) in [6.45, 7) is 4.35. The van der Waals surface area contributed by atoms with Crippen LogP contribution in [0.4, 0.5) is 0 Å². The van der Waals surface area contributed by atoms with Gasteiger partial charge in [0.05, 0.1) is 16.6 Å². The number of thiazole rings is 1. The van der Waals surface area contributed by atoms with Crippen molar-refractivity contribution in [3.8, 4) is 0 Å². The lowest BCUT2D eigenvalue weighted by atomic mass is 10.1. The highest BCUT2D eigenvalue weighted by Gasteiger charge is 2.13. The van der Waals surface area contributed by atoms with Gasteiger partial charge in [0.1, 0.15) is 0 Å². The molecule has 150 valence electrons. The highest BCUT2D eigenvalue weighted by Crippen LogP contribution is 2.24. The molecule has 0 N–H and O–H groups in total. The van der Waals surface area contributed by atoms with E-state index >= 15 is 0 Å². The van der Waals surface area contributed by atoms with Crippen molar-refractivity contribution in [2.75, 3.05) is 0 Å². The molecule has 0 aliphatic heterocycles. The van der Waals surface area contributed by atoms with Gasteiger partial charge >= 0.3 is 0 Å². The van der Waals surface area contributed by atoms with Crippen LogP contribution in [0.1, 0.15) is 18.3 Å². The minimum absolute atomic E-state index is 0.0480. The molecule has 8 heteroatoms. The van der Waals surface area contributed by atoms with E-state index in [2.05, 4.69) is 4.98 Å². The van der Waals surface area contributed by atoms with Gasteiger partial charge in [0.25, 0.3) is 11.1 Å². The lowest BCUT2D eigenvalue weighted by molar-refractivity contribution is 0.634. The smallest absolute Gasteiger partial charge is 0.262 e. The van der Waals surface area contributed by atoms with E-state index in [1.165, 1.54) is 23.1 Å². The Balaban J connectivity index is 1.57. The van der Waals surface area contributed by atoms with Gasteiger partial charge in [-0.15, -0.1) is 11.3 Å². The number of hydrogen-bond donors (Lipinski definition) is 0. The van der Waals surface area contributed by atoms with Crippen molar-refractivity contribution in [1.29, 1.82) is 0 Å². The van der Waals surface area contributed by atoms with E-state index in [0.29, 0.717) is 39.0 Å². The van der Waals surface area contributed by atoms with E-state index in [4.69, 9.17) is 4.98 Å². The fraction of sp³-hybridized carbons (Fsp3) is 0.182. The van der Waals surface area contributed by atoms with Crippen molar-refractivity contribution in [2.24, 2.45) is 0 Å². The first-order chi connectivity index (χ1) is 14.5. The van der Waals surface area contributed by atoms with Gasteiger partial charge in [0.15, 0.2) is 10.1 Å². The molecule has 0 saturated heterocycles. The van der Waals surface area contributed by atoms with Gasteiger partial charge in [-0.05, 0) is 36.8 Å². The Morgan fingerprint density at radius 1 is 1.07 bits per heavy atom. The van der Waals surface area contributed by atoms with Crippen LogP contribution in [0.25, 0.3) is 26.6 Å². The molecule has 0 atom stereocenters. The molecule has 0 amide bonds. The molecule has 0 aliphatic rings. The third kappa shape index (κ3) is 3.12. The Hall–Kier alpha value is -2.97. The molecule has 0 aliphatic carbocycles. The van der Waals surface area contributed by atoms with E-state index in [1.807, 2.05) is 55.6 Å². The zero-order valence-electron chi connectivity index (χ0n) is 16.5. The maximum Gasteiger partial charge on any atom is 0.262 e. The molecule has 30 heavy (non-hydrogen) atoms. The van der Waals surface area contributed by atoms with Gasteiger partial charge in [-0.1, -0.05) is 36.0 Å². The summed E-state index contributed by atoms with van der Waals surface area (Å²) in [5.74, 6) is 0.466. The van der Waals surface area contributed by atoms with Gasteiger partial charge in [-0.2, -0.15) is 0 Å². The lowest BCUT2D eigenvalue weighted by Crippen LogP contribution is -2.22. The van der Waals surface area contributed by atoms with E-state index < -0.39 is 0 Å². The number of fused-ring (bicyclic) bond motifs is 3. The Morgan fingerprint density at radius 3 is 2.60 bits per heavy atom. The first kappa shape index (κ1) is 19.0. The average molecular weight is 435 g/mol. The molecular formula is C22H18N4O2S2. The number of nitrogens with zero attached hydrogens (tertiary/aromatic N) is 4. The van der Waals surface area contributed by atoms with E-state index in [1.54, 1.807) is 15.0 Å². The minimum Gasteiger partial charge on any atom is -0.287 e. The molecule has 0 spiro atoms. The molecule has 0 radical (unpaired) electrons. The summed E-state index contributed by atoms with van der Waals surface area (Å²) < 4.78 is 3.29. The number of aromatic nitrogens is 4. The number of rotatable bonds is 4. The maximum atomic E-state index is 13.1. The normalized spacial score (nSPS) is 11.7. The van der Waals surface area contributed by atoms with Gasteiger partial charge in [0, 0.05) is 29.4 Å². The van der Waals surface area contributed by atoms with Crippen molar-refractivity contribution >= 4 is 49.7 Å². The van der Waals surface area contributed by atoms with E-state index in [9.17, 15) is 9.59 Å². The van der Waals surface area contributed by atoms with Gasteiger partial charge in [0.2, 0.25) is 0 Å². The maximum absolute atomic E-state index is 13.1. The summed E-state index contributed by atoms with van der Waals surface area (Å²) in [6.07, 6.45) is 0. The zero-order valence-corrected chi connectivity index (χ0v) is 18.1. The molecule has 3 heterocycles. The van der Waals surface area contributed by atoms with Crippen LogP contribution in [0.3, 0.4) is 0 Å². The number of aryl methyl sites for hydroxylation is 1. The summed E-state index contributed by atoms with van der Waals surface area (Å²) >= 11 is 2.88. The predicted molar refractivity (Wildman–Crippen MR) is 123 cm³/mol. The molecule has 6 nitrogen and oxygen atoms in total. The van der Waals surface area contributed by atoms with Crippen molar-refractivity contribution in [3.05, 3.63) is 79.9 Å². The summed E-state index contributed by atoms with van der Waals surface area (Å²) in [5.41, 5.74) is 2.12. The fourth-order valence-corrected chi connectivity index (χ4v) is 5.44. The van der Waals surface area contributed by atoms with Crippen molar-refractivity contribution in [1.82, 2.24) is 18.9 Å². The molecule has 5 aromatic rings. The van der Waals surface area contributed by atoms with E-state index in [-0.39, 0.29) is 11.1 Å². The monoisotopic (exact) mass is 434 g/mol. The predicted octanol–water partition coefficient (Wildman–Crippen LogP) is 4.24. The second-order valence-electron chi connectivity index (χ2n) is 7.03. The van der Waals surface area contributed by atoms with Crippen LogP contribution in [0, 0.1) is 6.92 Å². The SMILES string of the molecule is CCn1c(SCc2cc(=O)n3c(C)csc3n2)nc2cc3ccccc3cc2c1=O. The zero-order chi connectivity index (χ0) is 20.8. The summed E-state index contributed by atoms with van der Waals surface area (Å²) in [7, 11) is 0. The molecular weight excluding hydrogens is 416 g/mol. The van der Waals surface area contributed by atoms with Crippen LogP contribution < -0.4 is 11.1 Å². The van der Waals surface area contributed by atoms with Crippen LogP contribution >= 0.6 is 23.1 Å². The Morgan fingerprint density at radius 2 is 1.83 bits per heavy atom. The summed E-state index contributed by atoms with van der Waals surface area (Å²) in [4.78, 5) is 35.6. The third-order valence-corrected chi connectivity index (χ3v) is 7.03. The molecule has 5 rings (SSSR count). The van der Waals surface area contributed by atoms with Crippen LogP contribution in [-0.2, 0) is 12.3 Å². The third-order valence-electron chi connectivity index (χ3n) is 5.08. The van der Waals surface area contributed by atoms with Crippen molar-refractivity contribution in [2.45, 2.75) is 31.3 Å². The van der Waals surface area contributed by atoms with Gasteiger partial charge < -0.3 is 0 Å².